The smallest absolute Gasteiger partial charge is 0.243 e. The Morgan fingerprint density at radius 2 is 1.62 bits per heavy atom. The van der Waals surface area contributed by atoms with Gasteiger partial charge in [0.05, 0.1) is 30.3 Å². The van der Waals surface area contributed by atoms with Gasteiger partial charge in [0.15, 0.2) is 8.32 Å². The molecule has 0 aliphatic heterocycles. The number of rotatable bonds is 11. The number of nitrogens with zero attached hydrogens (tertiary/aromatic N) is 1. The molecule has 0 bridgehead atoms. The summed E-state index contributed by atoms with van der Waals surface area (Å²) in [6.45, 7) is 11.8. The highest BCUT2D eigenvalue weighted by atomic mass is 35.5. The van der Waals surface area contributed by atoms with Gasteiger partial charge < -0.3 is 14.6 Å². The van der Waals surface area contributed by atoms with Crippen LogP contribution in [0.4, 0.5) is 0 Å². The Hall–Kier alpha value is -1.26. The first-order chi connectivity index (χ1) is 15.7. The normalized spacial score (nSPS) is 14.9. The van der Waals surface area contributed by atoms with E-state index >= 15 is 0 Å². The van der Waals surface area contributed by atoms with E-state index in [1.165, 1.54) is 4.31 Å². The predicted octanol–water partition coefficient (Wildman–Crippen LogP) is 4.63. The summed E-state index contributed by atoms with van der Waals surface area (Å²) in [6, 6.07) is 12.9. The van der Waals surface area contributed by atoms with Crippen LogP contribution in [0.25, 0.3) is 0 Å². The van der Waals surface area contributed by atoms with Crippen LogP contribution < -0.4 is 0 Å². The van der Waals surface area contributed by atoms with E-state index in [0.717, 1.165) is 11.1 Å². The van der Waals surface area contributed by atoms with Gasteiger partial charge in [-0.3, -0.25) is 0 Å². The molecule has 0 radical (unpaired) electrons. The van der Waals surface area contributed by atoms with Gasteiger partial charge in [0, 0.05) is 11.6 Å². The van der Waals surface area contributed by atoms with Crippen LogP contribution in [-0.2, 0) is 20.9 Å². The number of hydrogen-bond acceptors (Lipinski definition) is 5. The third-order valence-electron chi connectivity index (χ3n) is 6.46. The molecule has 6 nitrogen and oxygen atoms in total. The summed E-state index contributed by atoms with van der Waals surface area (Å²) in [6.07, 6.45) is -0.775. The maximum Gasteiger partial charge on any atom is 0.243 e. The van der Waals surface area contributed by atoms with Gasteiger partial charge in [-0.2, -0.15) is 4.31 Å². The van der Waals surface area contributed by atoms with E-state index < -0.39 is 37.1 Å². The molecule has 0 aliphatic rings. The highest BCUT2D eigenvalue weighted by Crippen LogP contribution is 2.36. The van der Waals surface area contributed by atoms with Gasteiger partial charge in [0.2, 0.25) is 10.0 Å². The average Bonchev–Trinajstić information content (AvgIpc) is 2.75. The molecule has 0 aliphatic carbocycles. The van der Waals surface area contributed by atoms with Gasteiger partial charge in [-0.15, -0.1) is 0 Å². The topological polar surface area (TPSA) is 87.1 Å². The van der Waals surface area contributed by atoms with E-state index in [2.05, 4.69) is 33.9 Å². The van der Waals surface area contributed by atoms with Gasteiger partial charge in [-0.1, -0.05) is 62.2 Å². The van der Waals surface area contributed by atoms with Crippen molar-refractivity contribution in [1.29, 1.82) is 0 Å². The van der Waals surface area contributed by atoms with Gasteiger partial charge in [0.1, 0.15) is 0 Å². The standard InChI is InChI=1S/C25H38ClNO5SSi/c1-19-7-13-24(14-8-19)33(30,31)27(16-23(29)18-32-34(5,6)25(2,3)4)22(17-28)15-20-9-11-21(26)12-10-20/h7-14,22-23,28-29H,15-18H2,1-6H3/t22-,23-/m0/s1. The van der Waals surface area contributed by atoms with Crippen LogP contribution in [0.2, 0.25) is 23.2 Å². The second-order valence-electron chi connectivity index (χ2n) is 10.3. The summed E-state index contributed by atoms with van der Waals surface area (Å²) < 4.78 is 34.6. The van der Waals surface area contributed by atoms with Crippen LogP contribution in [0.3, 0.4) is 0 Å². The highest BCUT2D eigenvalue weighted by molar-refractivity contribution is 7.89. The van der Waals surface area contributed by atoms with Crippen LogP contribution in [0.1, 0.15) is 31.9 Å². The van der Waals surface area contributed by atoms with Crippen molar-refractivity contribution >= 4 is 29.9 Å². The number of hydrogen-bond donors (Lipinski definition) is 2. The lowest BCUT2D eigenvalue weighted by Crippen LogP contribution is -2.49. The molecule has 2 aromatic rings. The third kappa shape index (κ3) is 7.62. The number of sulfonamides is 1. The molecule has 190 valence electrons. The molecule has 0 saturated carbocycles. The molecule has 0 amide bonds. The Labute approximate surface area is 210 Å². The maximum absolute atomic E-state index is 13.6. The fourth-order valence-corrected chi connectivity index (χ4v) is 6.04. The molecular weight excluding hydrogens is 490 g/mol. The SMILES string of the molecule is Cc1ccc(S(=O)(=O)N(C[C@H](O)CO[Si](C)(C)C(C)(C)C)[C@H](CO)Cc2ccc(Cl)cc2)cc1. The number of aliphatic hydroxyl groups excluding tert-OH is 2. The third-order valence-corrected chi connectivity index (χ3v) is 13.1. The minimum atomic E-state index is -3.99. The van der Waals surface area contributed by atoms with Crippen molar-refractivity contribution < 1.29 is 23.1 Å². The van der Waals surface area contributed by atoms with Crippen molar-refractivity contribution in [3.63, 3.8) is 0 Å². The summed E-state index contributed by atoms with van der Waals surface area (Å²) >= 11 is 5.98. The van der Waals surface area contributed by atoms with Crippen LogP contribution in [0, 0.1) is 6.92 Å². The van der Waals surface area contributed by atoms with E-state index in [1.807, 2.05) is 6.92 Å². The van der Waals surface area contributed by atoms with Crippen molar-refractivity contribution in [2.24, 2.45) is 0 Å². The van der Waals surface area contributed by atoms with E-state index in [1.54, 1.807) is 48.5 Å². The fraction of sp³-hybridized carbons (Fsp3) is 0.520. The molecular formula is C25H38ClNO5SSi. The lowest BCUT2D eigenvalue weighted by Gasteiger charge is -2.37. The van der Waals surface area contributed by atoms with Crippen LogP contribution >= 0.6 is 11.6 Å². The van der Waals surface area contributed by atoms with E-state index in [0.29, 0.717) is 5.02 Å². The minimum Gasteiger partial charge on any atom is -0.414 e. The Balaban J connectivity index is 2.33. The van der Waals surface area contributed by atoms with Gasteiger partial charge in [0.25, 0.3) is 0 Å². The number of halogens is 1. The molecule has 2 atom stereocenters. The molecule has 0 saturated heterocycles. The molecule has 2 aromatic carbocycles. The Morgan fingerprint density at radius 1 is 1.06 bits per heavy atom. The molecule has 0 spiro atoms. The summed E-state index contributed by atoms with van der Waals surface area (Å²) in [5.41, 5.74) is 1.77. The lowest BCUT2D eigenvalue weighted by atomic mass is 10.1. The highest BCUT2D eigenvalue weighted by Gasteiger charge is 2.38. The zero-order valence-corrected chi connectivity index (χ0v) is 23.5. The first kappa shape index (κ1) is 29.0. The van der Waals surface area contributed by atoms with Crippen molar-refractivity contribution in [2.45, 2.75) is 69.3 Å². The molecule has 0 heterocycles. The van der Waals surface area contributed by atoms with Crippen molar-refractivity contribution in [1.82, 2.24) is 4.31 Å². The van der Waals surface area contributed by atoms with Crippen molar-refractivity contribution in [2.75, 3.05) is 19.8 Å². The average molecular weight is 528 g/mol. The largest absolute Gasteiger partial charge is 0.414 e. The second kappa shape index (κ2) is 11.6. The minimum absolute atomic E-state index is 0.0233. The number of aryl methyl sites for hydroxylation is 1. The molecule has 2 rings (SSSR count). The molecule has 0 fully saturated rings. The lowest BCUT2D eigenvalue weighted by molar-refractivity contribution is 0.0670. The number of benzene rings is 2. The van der Waals surface area contributed by atoms with E-state index in [-0.39, 0.29) is 29.5 Å². The zero-order valence-electron chi connectivity index (χ0n) is 21.0. The fourth-order valence-electron chi connectivity index (χ4n) is 3.22. The zero-order chi connectivity index (χ0) is 25.7. The molecule has 34 heavy (non-hydrogen) atoms. The summed E-state index contributed by atoms with van der Waals surface area (Å²) in [7, 11) is -6.12. The van der Waals surface area contributed by atoms with E-state index in [4.69, 9.17) is 16.0 Å². The van der Waals surface area contributed by atoms with Crippen LogP contribution in [-0.4, -0.2) is 63.2 Å². The van der Waals surface area contributed by atoms with Crippen molar-refractivity contribution in [3.8, 4) is 0 Å². The molecule has 0 aromatic heterocycles. The Kier molecular flexibility index (Phi) is 9.92. The summed E-state index contributed by atoms with van der Waals surface area (Å²) in [5, 5.41) is 21.6. The quantitative estimate of drug-likeness (QED) is 0.416. The van der Waals surface area contributed by atoms with Gasteiger partial charge in [-0.05, 0) is 61.3 Å². The van der Waals surface area contributed by atoms with Crippen LogP contribution in [0.15, 0.2) is 53.4 Å². The van der Waals surface area contributed by atoms with Crippen LogP contribution in [0.5, 0.6) is 0 Å². The second-order valence-corrected chi connectivity index (χ2v) is 17.4. The molecule has 0 unspecified atom stereocenters. The van der Waals surface area contributed by atoms with E-state index in [9.17, 15) is 18.6 Å². The first-order valence-electron chi connectivity index (χ1n) is 11.4. The monoisotopic (exact) mass is 527 g/mol. The van der Waals surface area contributed by atoms with Gasteiger partial charge in [-0.25, -0.2) is 8.42 Å². The first-order valence-corrected chi connectivity index (χ1v) is 16.2. The Bertz CT molecular complexity index is 1020. The number of aliphatic hydroxyl groups is 2. The molecule has 9 heteroatoms. The van der Waals surface area contributed by atoms with Gasteiger partial charge >= 0.3 is 0 Å². The Morgan fingerprint density at radius 3 is 2.12 bits per heavy atom. The summed E-state index contributed by atoms with van der Waals surface area (Å²) in [5.74, 6) is 0. The predicted molar refractivity (Wildman–Crippen MR) is 140 cm³/mol. The summed E-state index contributed by atoms with van der Waals surface area (Å²) in [4.78, 5) is 0.116. The maximum atomic E-state index is 13.6. The van der Waals surface area contributed by atoms with Crippen molar-refractivity contribution in [3.05, 3.63) is 64.7 Å². The molecule has 2 N–H and O–H groups in total.